The number of carbonyl (C=O) groups excluding carboxylic acids is 1. The molecule has 2 bridgehead atoms. The highest BCUT2D eigenvalue weighted by atomic mass is 35.5. The van der Waals surface area contributed by atoms with Gasteiger partial charge >= 0.3 is 6.01 Å². The Morgan fingerprint density at radius 3 is 2.70 bits per heavy atom. The Morgan fingerprint density at radius 1 is 1.05 bits per heavy atom. The quantitative estimate of drug-likeness (QED) is 0.211. The highest BCUT2D eigenvalue weighted by Crippen LogP contribution is 2.42. The van der Waals surface area contributed by atoms with Gasteiger partial charge in [-0.2, -0.15) is 9.97 Å². The molecule has 11 nitrogen and oxygen atoms in total. The van der Waals surface area contributed by atoms with Crippen molar-refractivity contribution in [2.75, 3.05) is 77.2 Å². The van der Waals surface area contributed by atoms with Gasteiger partial charge < -0.3 is 24.0 Å². The molecule has 15 heteroatoms. The van der Waals surface area contributed by atoms with Gasteiger partial charge in [-0.1, -0.05) is 41.9 Å². The predicted molar refractivity (Wildman–Crippen MR) is 205 cm³/mol. The number of amides is 1. The maximum absolute atomic E-state index is 17.0. The molecule has 2 aromatic heterocycles. The smallest absolute Gasteiger partial charge is 0.319 e. The zero-order chi connectivity index (χ0) is 38.2. The minimum atomic E-state index is -0.945. The number of alkyl halides is 1. The molecule has 0 unspecified atom stereocenters. The number of piperazine rings is 1. The average Bonchev–Trinajstić information content (AvgIpc) is 3.79. The molecule has 10 rings (SSSR count). The fourth-order valence-corrected chi connectivity index (χ4v) is 10.4. The molecule has 6 fully saturated rings. The number of benzene rings is 2. The lowest BCUT2D eigenvalue weighted by atomic mass is 9.91. The molecule has 6 saturated heterocycles. The van der Waals surface area contributed by atoms with Crippen LogP contribution in [0.1, 0.15) is 32.1 Å². The Labute approximate surface area is 327 Å². The summed E-state index contributed by atoms with van der Waals surface area (Å²) in [7, 11) is 0. The van der Waals surface area contributed by atoms with Crippen LogP contribution in [-0.4, -0.2) is 137 Å². The number of aromatic nitrogens is 3. The number of anilines is 1. The monoisotopic (exact) mass is 789 g/mol. The van der Waals surface area contributed by atoms with Crippen LogP contribution in [0, 0.1) is 11.6 Å². The van der Waals surface area contributed by atoms with Gasteiger partial charge in [-0.15, -0.1) is 0 Å². The van der Waals surface area contributed by atoms with Crippen molar-refractivity contribution in [2.45, 2.75) is 61.4 Å². The fraction of sp³-hybridized carbons (Fsp3) is 0.512. The summed E-state index contributed by atoms with van der Waals surface area (Å²) in [5.74, 6) is -1.02. The maximum Gasteiger partial charge on any atom is 0.319 e. The fourth-order valence-electron chi connectivity index (χ4n) is 10.1. The molecule has 1 spiro atoms. The van der Waals surface area contributed by atoms with Crippen LogP contribution in [0.15, 0.2) is 48.7 Å². The van der Waals surface area contributed by atoms with Crippen LogP contribution in [0.5, 0.6) is 6.01 Å². The van der Waals surface area contributed by atoms with E-state index in [-0.39, 0.29) is 34.8 Å². The Bertz CT molecular complexity index is 2230. The molecule has 4 atom stereocenters. The van der Waals surface area contributed by atoms with Crippen molar-refractivity contribution >= 4 is 45.0 Å². The van der Waals surface area contributed by atoms with Crippen LogP contribution in [0.3, 0.4) is 0 Å². The van der Waals surface area contributed by atoms with Crippen molar-refractivity contribution in [2.24, 2.45) is 0 Å². The van der Waals surface area contributed by atoms with Gasteiger partial charge in [0, 0.05) is 74.5 Å². The summed E-state index contributed by atoms with van der Waals surface area (Å²) < 4.78 is 64.2. The number of halogens is 4. The maximum atomic E-state index is 17.0. The minimum Gasteiger partial charge on any atom is -0.461 e. The summed E-state index contributed by atoms with van der Waals surface area (Å²) >= 11 is 6.46. The van der Waals surface area contributed by atoms with E-state index in [9.17, 15) is 13.6 Å². The number of hydrogen-bond donors (Lipinski definition) is 0. The lowest BCUT2D eigenvalue weighted by Gasteiger charge is -2.55. The van der Waals surface area contributed by atoms with Gasteiger partial charge in [0.2, 0.25) is 5.91 Å². The molecule has 4 aromatic rings. The molecule has 0 saturated carbocycles. The molecular formula is C41H43ClF3N7O4. The second kappa shape index (κ2) is 14.1. The van der Waals surface area contributed by atoms with Crippen molar-refractivity contribution < 1.29 is 32.2 Å². The van der Waals surface area contributed by atoms with Gasteiger partial charge in [0.05, 0.1) is 42.4 Å². The van der Waals surface area contributed by atoms with Crippen LogP contribution in [0.2, 0.25) is 5.02 Å². The number of rotatable bonds is 8. The number of pyridine rings is 1. The number of fused-ring (bicyclic) bond motifs is 5. The summed E-state index contributed by atoms with van der Waals surface area (Å²) in [4.78, 5) is 36.3. The molecule has 294 valence electrons. The van der Waals surface area contributed by atoms with E-state index in [0.29, 0.717) is 92.0 Å². The first-order valence-corrected chi connectivity index (χ1v) is 20.0. The van der Waals surface area contributed by atoms with Crippen molar-refractivity contribution in [3.63, 3.8) is 0 Å². The third kappa shape index (κ3) is 6.02. The molecule has 0 radical (unpaired) electrons. The minimum absolute atomic E-state index is 0.0208. The topological polar surface area (TPSA) is 96.4 Å². The van der Waals surface area contributed by atoms with Gasteiger partial charge in [-0.25, -0.2) is 13.2 Å². The SMILES string of the molecule is O=C(/C=C/CN1[C@@H]2CC[C@H]1COC2)N1CCN(c2nc(OC[C@@]34CCCN3C[C@H](F)C4)nc3c(F)c(-c4cccc5ccc(F)c(Cl)c45)ncc23)CC12COC2. The molecule has 6 aliphatic rings. The molecule has 1 amide bonds. The molecule has 0 aliphatic carbocycles. The Balaban J connectivity index is 0.985. The Morgan fingerprint density at radius 2 is 1.89 bits per heavy atom. The first-order valence-electron chi connectivity index (χ1n) is 19.6. The van der Waals surface area contributed by atoms with Gasteiger partial charge in [0.15, 0.2) is 5.82 Å². The first-order chi connectivity index (χ1) is 27.2. The number of morpholine rings is 1. The summed E-state index contributed by atoms with van der Waals surface area (Å²) in [6, 6.07) is 8.81. The number of carbonyl (C=O) groups is 1. The third-order valence-electron chi connectivity index (χ3n) is 13.0. The third-order valence-corrected chi connectivity index (χ3v) is 13.4. The van der Waals surface area contributed by atoms with Crippen LogP contribution in [0.25, 0.3) is 32.9 Å². The van der Waals surface area contributed by atoms with Crippen molar-refractivity contribution in [3.05, 3.63) is 65.3 Å². The average molecular weight is 790 g/mol. The molecule has 0 N–H and O–H groups in total. The molecule has 8 heterocycles. The van der Waals surface area contributed by atoms with E-state index in [2.05, 4.69) is 19.8 Å². The Hall–Kier alpha value is -4.08. The first kappa shape index (κ1) is 36.3. The van der Waals surface area contributed by atoms with Crippen LogP contribution in [-0.2, 0) is 14.3 Å². The molecule has 6 aliphatic heterocycles. The summed E-state index contributed by atoms with van der Waals surface area (Å²) in [6.07, 6.45) is 8.55. The zero-order valence-corrected chi connectivity index (χ0v) is 31.7. The van der Waals surface area contributed by atoms with Crippen molar-refractivity contribution in [1.82, 2.24) is 29.7 Å². The predicted octanol–water partition coefficient (Wildman–Crippen LogP) is 5.57. The van der Waals surface area contributed by atoms with Gasteiger partial charge in [-0.05, 0) is 43.7 Å². The highest BCUT2D eigenvalue weighted by Gasteiger charge is 2.51. The number of nitrogens with zero attached hydrogens (tertiary/aromatic N) is 7. The zero-order valence-electron chi connectivity index (χ0n) is 30.9. The summed E-state index contributed by atoms with van der Waals surface area (Å²) in [5, 5.41) is 1.20. The summed E-state index contributed by atoms with van der Waals surface area (Å²) in [5.41, 5.74) is -0.833. The van der Waals surface area contributed by atoms with Crippen LogP contribution in [0.4, 0.5) is 19.0 Å². The van der Waals surface area contributed by atoms with E-state index >= 15 is 4.39 Å². The molecule has 56 heavy (non-hydrogen) atoms. The largest absolute Gasteiger partial charge is 0.461 e. The molecular weight excluding hydrogens is 747 g/mol. The van der Waals surface area contributed by atoms with E-state index in [1.165, 1.54) is 12.3 Å². The second-order valence-corrected chi connectivity index (χ2v) is 16.7. The lowest BCUT2D eigenvalue weighted by molar-refractivity contribution is -0.164. The van der Waals surface area contributed by atoms with Crippen molar-refractivity contribution in [1.29, 1.82) is 0 Å². The van der Waals surface area contributed by atoms with Gasteiger partial charge in [0.1, 0.15) is 41.2 Å². The summed E-state index contributed by atoms with van der Waals surface area (Å²) in [6.45, 7) is 5.37. The van der Waals surface area contributed by atoms with Crippen LogP contribution < -0.4 is 9.64 Å². The normalized spacial score (nSPS) is 27.5. The number of ether oxygens (including phenoxy) is 3. The highest BCUT2D eigenvalue weighted by molar-refractivity contribution is 6.36. The van der Waals surface area contributed by atoms with Gasteiger partial charge in [-0.3, -0.25) is 19.6 Å². The second-order valence-electron chi connectivity index (χ2n) is 16.3. The van der Waals surface area contributed by atoms with E-state index in [0.717, 1.165) is 45.4 Å². The van der Waals surface area contributed by atoms with Gasteiger partial charge in [0.25, 0.3) is 0 Å². The Kier molecular flexibility index (Phi) is 9.12. The van der Waals surface area contributed by atoms with Crippen LogP contribution >= 0.6 is 11.6 Å². The molecule has 2 aromatic carbocycles. The van der Waals surface area contributed by atoms with E-state index in [1.54, 1.807) is 30.3 Å². The standard InChI is InChI=1S/C41H43ClF3N7O4/c42-34-31(44)10-7-25-4-1-5-29(33(25)34)36-35(45)37-30(17-46-36)38(48-39(47-37)56-24-40-11-3-12-50(40)18-26(43)16-40)49-14-15-52(41(21-49)22-55-23-41)32(53)6-2-13-51-27-8-9-28(51)20-54-19-27/h1-2,4-7,10,17,26-28H,3,8-9,11-16,18-24H2/b6-2+/t26-,27-,28+,40+/m1/s1. The van der Waals surface area contributed by atoms with E-state index in [4.69, 9.17) is 30.8 Å². The van der Waals surface area contributed by atoms with E-state index < -0.39 is 28.9 Å². The van der Waals surface area contributed by atoms with E-state index in [1.807, 2.05) is 15.9 Å². The van der Waals surface area contributed by atoms with Crippen molar-refractivity contribution in [3.8, 4) is 17.3 Å². The lowest BCUT2D eigenvalue weighted by Crippen LogP contribution is -2.72. The number of hydrogen-bond acceptors (Lipinski definition) is 10.